The molecule has 5 aromatic rings. The zero-order valence-electron chi connectivity index (χ0n) is 18.5. The Hall–Kier alpha value is -4.36. The monoisotopic (exact) mass is 477 g/mol. The standard InChI is InChI=1S/C28H19N3O3S/c32-26(31-22-13-5-7-15-24(22)35-25-16-8-6-14-23(25)31)17-34-28(33)19-10-2-1-9-18(19)27-29-20-11-3-4-12-21(20)30-27/h1-16H,17H2,(H,29,30). The van der Waals surface area contributed by atoms with Crippen LogP contribution in [0.3, 0.4) is 0 Å². The smallest absolute Gasteiger partial charge is 0.339 e. The molecule has 0 unspecified atom stereocenters. The number of ether oxygens (including phenoxy) is 1. The van der Waals surface area contributed by atoms with Gasteiger partial charge in [-0.05, 0) is 42.5 Å². The van der Waals surface area contributed by atoms with Crippen molar-refractivity contribution in [3.05, 3.63) is 103 Å². The molecule has 35 heavy (non-hydrogen) atoms. The Balaban J connectivity index is 1.27. The molecule has 1 N–H and O–H groups in total. The van der Waals surface area contributed by atoms with Crippen LogP contribution in [0, 0.1) is 0 Å². The Bertz CT molecular complexity index is 1520. The number of hydrogen-bond acceptors (Lipinski definition) is 5. The third-order valence-corrected chi connectivity index (χ3v) is 6.93. The highest BCUT2D eigenvalue weighted by molar-refractivity contribution is 7.99. The largest absolute Gasteiger partial charge is 0.452 e. The molecule has 0 spiro atoms. The van der Waals surface area contributed by atoms with E-state index in [-0.39, 0.29) is 12.5 Å². The molecule has 7 heteroatoms. The van der Waals surface area contributed by atoms with Crippen LogP contribution < -0.4 is 4.90 Å². The molecule has 6 nitrogen and oxygen atoms in total. The van der Waals surface area contributed by atoms with E-state index in [1.54, 1.807) is 28.8 Å². The van der Waals surface area contributed by atoms with E-state index in [4.69, 9.17) is 4.74 Å². The van der Waals surface area contributed by atoms with E-state index in [0.717, 1.165) is 32.2 Å². The van der Waals surface area contributed by atoms with E-state index in [9.17, 15) is 9.59 Å². The number of carbonyl (C=O) groups excluding carboxylic acids is 2. The molecule has 0 saturated carbocycles. The van der Waals surface area contributed by atoms with E-state index in [1.165, 1.54) is 0 Å². The van der Waals surface area contributed by atoms with Crippen LogP contribution in [0.25, 0.3) is 22.4 Å². The normalized spacial score (nSPS) is 12.2. The summed E-state index contributed by atoms with van der Waals surface area (Å²) in [4.78, 5) is 37.9. The zero-order chi connectivity index (χ0) is 23.8. The number of nitrogens with one attached hydrogen (secondary N) is 1. The second-order valence-corrected chi connectivity index (χ2v) is 9.07. The van der Waals surface area contributed by atoms with Gasteiger partial charge in [-0.1, -0.05) is 66.4 Å². The summed E-state index contributed by atoms with van der Waals surface area (Å²) in [5.74, 6) is -0.330. The summed E-state index contributed by atoms with van der Waals surface area (Å²) in [6.45, 7) is -0.388. The zero-order valence-corrected chi connectivity index (χ0v) is 19.3. The van der Waals surface area contributed by atoms with Crippen LogP contribution in [-0.4, -0.2) is 28.5 Å². The number of H-pyrrole nitrogens is 1. The van der Waals surface area contributed by atoms with E-state index >= 15 is 0 Å². The van der Waals surface area contributed by atoms with Crippen molar-refractivity contribution in [1.29, 1.82) is 0 Å². The van der Waals surface area contributed by atoms with Crippen LogP contribution in [0.1, 0.15) is 10.4 Å². The fourth-order valence-corrected chi connectivity index (χ4v) is 5.25. The Labute approximate surface area is 205 Å². The number of benzene rings is 4. The fraction of sp³-hybridized carbons (Fsp3) is 0.0357. The predicted octanol–water partition coefficient (Wildman–Crippen LogP) is 6.22. The molecule has 0 bridgehead atoms. The van der Waals surface area contributed by atoms with Gasteiger partial charge in [0.15, 0.2) is 6.61 Å². The number of aromatic amines is 1. The maximum atomic E-state index is 13.4. The second kappa shape index (κ2) is 8.77. The van der Waals surface area contributed by atoms with Crippen molar-refractivity contribution in [2.45, 2.75) is 9.79 Å². The van der Waals surface area contributed by atoms with Gasteiger partial charge in [0.25, 0.3) is 5.91 Å². The first-order valence-corrected chi connectivity index (χ1v) is 11.9. The van der Waals surface area contributed by atoms with Gasteiger partial charge in [-0.2, -0.15) is 0 Å². The highest BCUT2D eigenvalue weighted by Gasteiger charge is 2.29. The number of aromatic nitrogens is 2. The van der Waals surface area contributed by atoms with Gasteiger partial charge in [-0.15, -0.1) is 0 Å². The van der Waals surface area contributed by atoms with Gasteiger partial charge in [0, 0.05) is 15.4 Å². The predicted molar refractivity (Wildman–Crippen MR) is 136 cm³/mol. The minimum Gasteiger partial charge on any atom is -0.452 e. The molecule has 1 aromatic heterocycles. The van der Waals surface area contributed by atoms with Crippen molar-refractivity contribution in [3.63, 3.8) is 0 Å². The molecule has 0 radical (unpaired) electrons. The molecular weight excluding hydrogens is 458 g/mol. The molecule has 2 heterocycles. The Morgan fingerprint density at radius 1 is 0.800 bits per heavy atom. The number of amides is 1. The van der Waals surface area contributed by atoms with E-state index in [0.29, 0.717) is 17.0 Å². The lowest BCUT2D eigenvalue weighted by Crippen LogP contribution is -2.32. The minimum absolute atomic E-state index is 0.320. The van der Waals surface area contributed by atoms with Crippen LogP contribution in [0.2, 0.25) is 0 Å². The number of anilines is 2. The maximum Gasteiger partial charge on any atom is 0.339 e. The van der Waals surface area contributed by atoms with E-state index in [1.807, 2.05) is 84.9 Å². The number of hydrogen-bond donors (Lipinski definition) is 1. The SMILES string of the molecule is O=C(OCC(=O)N1c2ccccc2Sc2ccccc21)c1ccccc1-c1nc2ccccc2[nH]1. The van der Waals surface area contributed by atoms with Crippen LogP contribution in [0.4, 0.5) is 11.4 Å². The van der Waals surface area contributed by atoms with Gasteiger partial charge in [0.05, 0.1) is 28.0 Å². The van der Waals surface area contributed by atoms with Gasteiger partial charge >= 0.3 is 5.97 Å². The lowest BCUT2D eigenvalue weighted by molar-refractivity contribution is -0.121. The summed E-state index contributed by atoms with van der Waals surface area (Å²) in [6.07, 6.45) is 0. The molecule has 0 aliphatic carbocycles. The van der Waals surface area contributed by atoms with Crippen molar-refractivity contribution in [2.75, 3.05) is 11.5 Å². The average molecular weight is 478 g/mol. The number of carbonyl (C=O) groups is 2. The van der Waals surface area contributed by atoms with Crippen molar-refractivity contribution in [2.24, 2.45) is 0 Å². The van der Waals surface area contributed by atoms with Crippen molar-refractivity contribution in [1.82, 2.24) is 9.97 Å². The van der Waals surface area contributed by atoms with Gasteiger partial charge < -0.3 is 9.72 Å². The van der Waals surface area contributed by atoms with Crippen LogP contribution in [0.15, 0.2) is 107 Å². The highest BCUT2D eigenvalue weighted by Crippen LogP contribution is 2.47. The third-order valence-electron chi connectivity index (χ3n) is 5.80. The number of para-hydroxylation sites is 4. The second-order valence-electron chi connectivity index (χ2n) is 7.99. The lowest BCUT2D eigenvalue weighted by Gasteiger charge is -2.30. The summed E-state index contributed by atoms with van der Waals surface area (Å²) in [5, 5.41) is 0. The molecule has 1 aliphatic heterocycles. The van der Waals surface area contributed by atoms with Gasteiger partial charge in [-0.3, -0.25) is 9.69 Å². The summed E-state index contributed by atoms with van der Waals surface area (Å²) in [5.41, 5.74) is 4.20. The number of nitrogens with zero attached hydrogens (tertiary/aromatic N) is 2. The number of imidazole rings is 1. The summed E-state index contributed by atoms with van der Waals surface area (Å²) in [6, 6.07) is 30.2. The number of rotatable bonds is 4. The lowest BCUT2D eigenvalue weighted by atomic mass is 10.1. The molecule has 0 saturated heterocycles. The first kappa shape index (κ1) is 21.2. The first-order valence-electron chi connectivity index (χ1n) is 11.1. The van der Waals surface area contributed by atoms with Gasteiger partial charge in [-0.25, -0.2) is 9.78 Å². The number of fused-ring (bicyclic) bond motifs is 3. The Kier molecular flexibility index (Phi) is 5.31. The third kappa shape index (κ3) is 3.86. The molecular formula is C28H19N3O3S. The van der Waals surface area contributed by atoms with E-state index in [2.05, 4.69) is 9.97 Å². The van der Waals surface area contributed by atoms with E-state index < -0.39 is 5.97 Å². The van der Waals surface area contributed by atoms with Gasteiger partial charge in [0.1, 0.15) is 5.82 Å². The molecule has 0 fully saturated rings. The molecule has 1 aliphatic rings. The molecule has 6 rings (SSSR count). The average Bonchev–Trinajstić information content (AvgIpc) is 3.34. The summed E-state index contributed by atoms with van der Waals surface area (Å²) in [7, 11) is 0. The van der Waals surface area contributed by atoms with Crippen LogP contribution in [0.5, 0.6) is 0 Å². The first-order chi connectivity index (χ1) is 17.2. The fourth-order valence-electron chi connectivity index (χ4n) is 4.19. The summed E-state index contributed by atoms with van der Waals surface area (Å²) >= 11 is 1.61. The van der Waals surface area contributed by atoms with Crippen molar-refractivity contribution < 1.29 is 14.3 Å². The summed E-state index contributed by atoms with van der Waals surface area (Å²) < 4.78 is 5.53. The van der Waals surface area contributed by atoms with Crippen molar-refractivity contribution in [3.8, 4) is 11.4 Å². The quantitative estimate of drug-likeness (QED) is 0.311. The minimum atomic E-state index is -0.581. The molecule has 170 valence electrons. The maximum absolute atomic E-state index is 13.4. The Morgan fingerprint density at radius 2 is 1.43 bits per heavy atom. The number of esters is 1. The van der Waals surface area contributed by atoms with Crippen molar-refractivity contribution >= 4 is 46.0 Å². The highest BCUT2D eigenvalue weighted by atomic mass is 32.2. The van der Waals surface area contributed by atoms with Crippen LogP contribution >= 0.6 is 11.8 Å². The van der Waals surface area contributed by atoms with Gasteiger partial charge in [0.2, 0.25) is 0 Å². The molecule has 0 atom stereocenters. The topological polar surface area (TPSA) is 75.3 Å². The molecule has 1 amide bonds. The Morgan fingerprint density at radius 3 is 2.17 bits per heavy atom. The molecule has 4 aromatic carbocycles. The van der Waals surface area contributed by atoms with Crippen LogP contribution in [-0.2, 0) is 9.53 Å².